The molecule has 0 fully saturated rings. The molecule has 192 valence electrons. The number of para-hydroxylation sites is 2. The summed E-state index contributed by atoms with van der Waals surface area (Å²) in [6.45, 7) is 7.29. The number of nitrogens with one attached hydrogen (secondary N) is 1. The Hall–Kier alpha value is -2.59. The maximum atomic E-state index is 13.6. The highest BCUT2D eigenvalue weighted by molar-refractivity contribution is 9.10. The number of amides is 2. The molecule has 2 amide bonds. The van der Waals surface area contributed by atoms with Crippen LogP contribution in [0.5, 0.6) is 5.75 Å². The van der Waals surface area contributed by atoms with Crippen LogP contribution in [0.1, 0.15) is 39.7 Å². The van der Waals surface area contributed by atoms with Crippen LogP contribution in [-0.4, -0.2) is 56.6 Å². The molecule has 35 heavy (non-hydrogen) atoms. The van der Waals surface area contributed by atoms with Gasteiger partial charge in [0.2, 0.25) is 21.8 Å². The lowest BCUT2D eigenvalue weighted by Crippen LogP contribution is -2.52. The maximum Gasteiger partial charge on any atom is 0.244 e. The van der Waals surface area contributed by atoms with Gasteiger partial charge < -0.3 is 15.0 Å². The number of halogens is 1. The second-order valence-corrected chi connectivity index (χ2v) is 11.1. The Balaban J connectivity index is 2.43. The third-order valence-electron chi connectivity index (χ3n) is 5.52. The molecular weight excluding hydrogens is 534 g/mol. The lowest BCUT2D eigenvalue weighted by molar-refractivity contribution is -0.139. The first-order valence-corrected chi connectivity index (χ1v) is 14.2. The first-order valence-electron chi connectivity index (χ1n) is 11.5. The van der Waals surface area contributed by atoms with Gasteiger partial charge >= 0.3 is 0 Å². The van der Waals surface area contributed by atoms with Crippen molar-refractivity contribution >= 4 is 43.5 Å². The molecule has 10 heteroatoms. The van der Waals surface area contributed by atoms with E-state index in [4.69, 9.17) is 4.74 Å². The predicted octanol–water partition coefficient (Wildman–Crippen LogP) is 3.95. The molecule has 0 aliphatic rings. The fourth-order valence-corrected chi connectivity index (χ4v) is 4.72. The highest BCUT2D eigenvalue weighted by Gasteiger charge is 2.31. The second kappa shape index (κ2) is 12.9. The largest absolute Gasteiger partial charge is 0.492 e. The molecule has 8 nitrogen and oxygen atoms in total. The number of carbonyl (C=O) groups excluding carboxylic acids is 2. The van der Waals surface area contributed by atoms with Gasteiger partial charge in [0, 0.05) is 17.1 Å². The molecule has 0 aliphatic heterocycles. The summed E-state index contributed by atoms with van der Waals surface area (Å²) in [5.41, 5.74) is 1.07. The van der Waals surface area contributed by atoms with Crippen LogP contribution in [0.25, 0.3) is 0 Å². The summed E-state index contributed by atoms with van der Waals surface area (Å²) in [4.78, 5) is 28.0. The van der Waals surface area contributed by atoms with Gasteiger partial charge in [-0.25, -0.2) is 8.42 Å². The molecule has 0 spiro atoms. The minimum atomic E-state index is -3.84. The van der Waals surface area contributed by atoms with Gasteiger partial charge in [-0.15, -0.1) is 0 Å². The van der Waals surface area contributed by atoms with Crippen LogP contribution in [0.2, 0.25) is 0 Å². The third-order valence-corrected chi connectivity index (χ3v) is 7.14. The fourth-order valence-electron chi connectivity index (χ4n) is 3.42. The average Bonchev–Trinajstić information content (AvgIpc) is 2.80. The molecule has 0 saturated carbocycles. The molecule has 2 aromatic rings. The fraction of sp³-hybridized carbons (Fsp3) is 0.440. The van der Waals surface area contributed by atoms with Crippen molar-refractivity contribution < 1.29 is 22.7 Å². The lowest BCUT2D eigenvalue weighted by Gasteiger charge is -2.32. The number of hydrogen-bond acceptors (Lipinski definition) is 5. The first-order chi connectivity index (χ1) is 16.5. The molecule has 2 aromatic carbocycles. The number of benzene rings is 2. The van der Waals surface area contributed by atoms with E-state index in [1.807, 2.05) is 38.1 Å². The van der Waals surface area contributed by atoms with Crippen molar-refractivity contribution in [3.63, 3.8) is 0 Å². The molecule has 1 N–H and O–H groups in total. The Bertz CT molecular complexity index is 1130. The van der Waals surface area contributed by atoms with Gasteiger partial charge in [0.15, 0.2) is 0 Å². The number of rotatable bonds is 12. The van der Waals surface area contributed by atoms with Crippen molar-refractivity contribution in [2.24, 2.45) is 0 Å². The maximum absolute atomic E-state index is 13.6. The van der Waals surface area contributed by atoms with Crippen LogP contribution >= 0.6 is 15.9 Å². The summed E-state index contributed by atoms with van der Waals surface area (Å²) in [6, 6.07) is 13.2. The Morgan fingerprint density at radius 2 is 1.77 bits per heavy atom. The second-order valence-electron chi connectivity index (χ2n) is 8.32. The molecule has 0 heterocycles. The van der Waals surface area contributed by atoms with Gasteiger partial charge in [0.1, 0.15) is 18.3 Å². The number of nitrogens with zero attached hydrogens (tertiary/aromatic N) is 2. The zero-order valence-electron chi connectivity index (χ0n) is 20.8. The van der Waals surface area contributed by atoms with Crippen molar-refractivity contribution in [2.75, 3.05) is 23.7 Å². The van der Waals surface area contributed by atoms with Crippen LogP contribution in [0.15, 0.2) is 53.0 Å². The first kappa shape index (κ1) is 28.6. The van der Waals surface area contributed by atoms with Crippen molar-refractivity contribution in [1.29, 1.82) is 0 Å². The Labute approximate surface area is 216 Å². The Morgan fingerprint density at radius 1 is 1.09 bits per heavy atom. The monoisotopic (exact) mass is 567 g/mol. The van der Waals surface area contributed by atoms with Gasteiger partial charge in [-0.2, -0.15) is 0 Å². The van der Waals surface area contributed by atoms with E-state index in [1.165, 1.54) is 4.90 Å². The van der Waals surface area contributed by atoms with Gasteiger partial charge in [-0.1, -0.05) is 47.1 Å². The summed E-state index contributed by atoms with van der Waals surface area (Å²) in [6.07, 6.45) is 1.79. The number of sulfonamides is 1. The summed E-state index contributed by atoms with van der Waals surface area (Å²) in [7, 11) is -3.84. The standard InChI is InChI=1S/C25H34BrN3O5S/c1-6-18(3)27-25(31)19(4)28(16-20-11-10-12-21(26)15-20)24(30)17-29(35(5,32)33)22-13-8-9-14-23(22)34-7-2/h8-15,18-19H,6-7,16-17H2,1-5H3,(H,27,31). The predicted molar refractivity (Wildman–Crippen MR) is 142 cm³/mol. The topological polar surface area (TPSA) is 96.0 Å². The van der Waals surface area contributed by atoms with Crippen molar-refractivity contribution in [3.8, 4) is 5.75 Å². The molecule has 0 saturated heterocycles. The smallest absolute Gasteiger partial charge is 0.244 e. The molecule has 0 aromatic heterocycles. The van der Waals surface area contributed by atoms with E-state index in [-0.39, 0.29) is 24.2 Å². The van der Waals surface area contributed by atoms with Gasteiger partial charge in [0.25, 0.3) is 0 Å². The number of hydrogen-bond donors (Lipinski definition) is 1. The van der Waals surface area contributed by atoms with Gasteiger partial charge in [0.05, 0.1) is 18.6 Å². The van der Waals surface area contributed by atoms with Gasteiger partial charge in [-0.05, 0) is 57.0 Å². The third kappa shape index (κ3) is 8.24. The normalized spacial score (nSPS) is 13.0. The van der Waals surface area contributed by atoms with Crippen LogP contribution in [-0.2, 0) is 26.2 Å². The molecule has 2 rings (SSSR count). The zero-order valence-corrected chi connectivity index (χ0v) is 23.2. The molecule has 2 atom stereocenters. The average molecular weight is 569 g/mol. The molecular formula is C25H34BrN3O5S. The molecule has 0 aliphatic carbocycles. The summed E-state index contributed by atoms with van der Waals surface area (Å²) >= 11 is 3.43. The minimum absolute atomic E-state index is 0.0571. The van der Waals surface area contributed by atoms with Crippen LogP contribution < -0.4 is 14.4 Å². The van der Waals surface area contributed by atoms with Crippen molar-refractivity contribution in [3.05, 3.63) is 58.6 Å². The van der Waals surface area contributed by atoms with Crippen LogP contribution in [0.4, 0.5) is 5.69 Å². The lowest BCUT2D eigenvalue weighted by atomic mass is 10.1. The van der Waals surface area contributed by atoms with E-state index in [9.17, 15) is 18.0 Å². The van der Waals surface area contributed by atoms with Crippen molar-refractivity contribution in [2.45, 2.75) is 52.7 Å². The van der Waals surface area contributed by atoms with Crippen LogP contribution in [0, 0.1) is 0 Å². The SMILES string of the molecule is CCOc1ccccc1N(CC(=O)N(Cc1cccc(Br)c1)C(C)C(=O)NC(C)CC)S(C)(=O)=O. The Kier molecular flexibility index (Phi) is 10.6. The zero-order chi connectivity index (χ0) is 26.2. The quantitative estimate of drug-likeness (QED) is 0.419. The van der Waals surface area contributed by atoms with Gasteiger partial charge in [-0.3, -0.25) is 13.9 Å². The molecule has 2 unspecified atom stereocenters. The number of carbonyl (C=O) groups is 2. The number of anilines is 1. The molecule has 0 radical (unpaired) electrons. The summed E-state index contributed by atoms with van der Waals surface area (Å²) < 4.78 is 33.0. The van der Waals surface area contributed by atoms with Crippen molar-refractivity contribution in [1.82, 2.24) is 10.2 Å². The van der Waals surface area contributed by atoms with E-state index >= 15 is 0 Å². The molecule has 0 bridgehead atoms. The minimum Gasteiger partial charge on any atom is -0.492 e. The number of ether oxygens (including phenoxy) is 1. The summed E-state index contributed by atoms with van der Waals surface area (Å²) in [5, 5.41) is 2.91. The van der Waals surface area contributed by atoms with E-state index in [0.29, 0.717) is 12.4 Å². The van der Waals surface area contributed by atoms with E-state index in [2.05, 4.69) is 21.2 Å². The highest BCUT2D eigenvalue weighted by atomic mass is 79.9. The summed E-state index contributed by atoms with van der Waals surface area (Å²) in [5.74, 6) is -0.453. The van der Waals surface area contributed by atoms with E-state index in [0.717, 1.165) is 27.0 Å². The van der Waals surface area contributed by atoms with E-state index in [1.54, 1.807) is 38.1 Å². The Morgan fingerprint density at radius 3 is 2.37 bits per heavy atom. The highest BCUT2D eigenvalue weighted by Crippen LogP contribution is 2.30. The van der Waals surface area contributed by atoms with Crippen LogP contribution in [0.3, 0.4) is 0 Å². The van der Waals surface area contributed by atoms with E-state index < -0.39 is 28.5 Å².